The number of nitrogens with zero attached hydrogens (tertiary/aromatic N) is 3. The molecule has 0 spiro atoms. The molecule has 1 fully saturated rings. The van der Waals surface area contributed by atoms with E-state index in [9.17, 15) is 22.9 Å². The first-order valence-corrected chi connectivity index (χ1v) is 15.4. The number of piperidine rings is 1. The Hall–Kier alpha value is -3.55. The molecule has 41 heavy (non-hydrogen) atoms. The van der Waals surface area contributed by atoms with Crippen molar-refractivity contribution in [2.24, 2.45) is 10.5 Å². The Labute approximate surface area is 243 Å². The van der Waals surface area contributed by atoms with Gasteiger partial charge in [0, 0.05) is 28.5 Å². The fourth-order valence-electron chi connectivity index (χ4n) is 5.04. The molecule has 1 N–H and O–H groups in total. The van der Waals surface area contributed by atoms with Crippen molar-refractivity contribution in [1.29, 1.82) is 0 Å². The van der Waals surface area contributed by atoms with Gasteiger partial charge in [0.15, 0.2) is 0 Å². The molecule has 0 aliphatic carbocycles. The first-order valence-electron chi connectivity index (χ1n) is 13.1. The molecule has 0 bridgehead atoms. The lowest BCUT2D eigenvalue weighted by Crippen LogP contribution is -2.50. The van der Waals surface area contributed by atoms with E-state index in [1.165, 1.54) is 12.1 Å². The van der Waals surface area contributed by atoms with Gasteiger partial charge < -0.3 is 14.2 Å². The van der Waals surface area contributed by atoms with Gasteiger partial charge in [-0.3, -0.25) is 9.59 Å². The van der Waals surface area contributed by atoms with E-state index in [0.29, 0.717) is 42.9 Å². The normalized spacial score (nSPS) is 16.1. The zero-order valence-electron chi connectivity index (χ0n) is 23.0. The van der Waals surface area contributed by atoms with Gasteiger partial charge in [0.05, 0.1) is 27.7 Å². The molecule has 2 heterocycles. The summed E-state index contributed by atoms with van der Waals surface area (Å²) in [5, 5.41) is 4.17. The van der Waals surface area contributed by atoms with E-state index in [2.05, 4.69) is 14.5 Å². The fraction of sp³-hybridized carbons (Fsp3) is 0.393. The molecule has 11 nitrogen and oxygen atoms in total. The minimum Gasteiger partial charge on any atom is -0.466 e. The van der Waals surface area contributed by atoms with Gasteiger partial charge in [0.1, 0.15) is 11.5 Å². The third-order valence-electron chi connectivity index (χ3n) is 7.26. The Kier molecular flexibility index (Phi) is 9.61. The van der Waals surface area contributed by atoms with Gasteiger partial charge in [-0.25, -0.2) is 13.1 Å². The monoisotopic (exact) mass is 600 g/mol. The molecule has 2 aromatic carbocycles. The Bertz CT molecular complexity index is 1480. The highest BCUT2D eigenvalue weighted by molar-refractivity contribution is 7.99. The number of aromatic nitrogens is 1. The van der Waals surface area contributed by atoms with Gasteiger partial charge in [-0.1, -0.05) is 47.6 Å². The van der Waals surface area contributed by atoms with Crippen molar-refractivity contribution in [3.8, 4) is 22.4 Å². The average Bonchev–Trinajstić information content (AvgIpc) is 3.35. The standard InChI is InChI=1S/C28H32N4O7S2/c1-4-38-27(34)23(28(40-31-35)14-16-32(3)17-15-28)18-24(33)30-41(36,37)22-12-10-20(11-13-22)25-19(2)39-29-26(25)21-8-6-5-7-9-21/h5-13,23H,4,14-18H2,1-3H3,(H,30,33). The van der Waals surface area contributed by atoms with Crippen LogP contribution in [0.15, 0.2) is 68.6 Å². The number of ether oxygens (including phenoxy) is 1. The summed E-state index contributed by atoms with van der Waals surface area (Å²) < 4.78 is 41.0. The van der Waals surface area contributed by atoms with Gasteiger partial charge >= 0.3 is 5.97 Å². The van der Waals surface area contributed by atoms with Gasteiger partial charge in [-0.15, -0.1) is 4.91 Å². The smallest absolute Gasteiger partial charge is 0.310 e. The number of esters is 1. The first-order chi connectivity index (χ1) is 19.6. The van der Waals surface area contributed by atoms with Crippen LogP contribution in [0.3, 0.4) is 0 Å². The van der Waals surface area contributed by atoms with Crippen LogP contribution in [0, 0.1) is 17.7 Å². The highest BCUT2D eigenvalue weighted by Gasteiger charge is 2.48. The number of hydrogen-bond acceptors (Lipinski definition) is 11. The van der Waals surface area contributed by atoms with Crippen molar-refractivity contribution >= 4 is 33.8 Å². The van der Waals surface area contributed by atoms with Crippen LogP contribution in [-0.2, 0) is 24.3 Å². The van der Waals surface area contributed by atoms with E-state index in [0.717, 1.165) is 23.1 Å². The zero-order chi connectivity index (χ0) is 29.6. The van der Waals surface area contributed by atoms with Crippen molar-refractivity contribution in [3.63, 3.8) is 0 Å². The van der Waals surface area contributed by atoms with Crippen molar-refractivity contribution in [2.45, 2.75) is 42.8 Å². The van der Waals surface area contributed by atoms with Crippen LogP contribution >= 0.6 is 11.9 Å². The van der Waals surface area contributed by atoms with Gasteiger partial charge in [-0.05, 0) is 64.5 Å². The number of nitroso groups, excluding NO2 is 1. The number of benzene rings is 2. The summed E-state index contributed by atoms with van der Waals surface area (Å²) in [6.45, 7) is 4.66. The van der Waals surface area contributed by atoms with Crippen LogP contribution in [0.5, 0.6) is 0 Å². The number of aryl methyl sites for hydroxylation is 1. The second-order valence-electron chi connectivity index (χ2n) is 9.92. The Balaban J connectivity index is 1.54. The van der Waals surface area contributed by atoms with Crippen LogP contribution < -0.4 is 4.72 Å². The molecule has 1 unspecified atom stereocenters. The predicted molar refractivity (Wildman–Crippen MR) is 155 cm³/mol. The molecule has 1 amide bonds. The van der Waals surface area contributed by atoms with Crippen molar-refractivity contribution < 1.29 is 27.3 Å². The number of likely N-dealkylation sites (tertiary alicyclic amines) is 1. The molecule has 1 saturated heterocycles. The molecule has 0 radical (unpaired) electrons. The van der Waals surface area contributed by atoms with Gasteiger partial charge in [0.2, 0.25) is 5.91 Å². The SMILES string of the molecule is CCOC(=O)C(CC(=O)NS(=O)(=O)c1ccc(-c2c(-c3ccccc3)noc2C)cc1)C1(SN=O)CCN(C)CC1. The maximum absolute atomic E-state index is 13.1. The van der Waals surface area contributed by atoms with Gasteiger partial charge in [0.25, 0.3) is 10.0 Å². The molecule has 13 heteroatoms. The third-order valence-corrected chi connectivity index (χ3v) is 9.78. The largest absolute Gasteiger partial charge is 0.466 e. The molecule has 1 atom stereocenters. The highest BCUT2D eigenvalue weighted by Crippen LogP contribution is 2.45. The highest BCUT2D eigenvalue weighted by atomic mass is 32.2. The Morgan fingerprint density at radius 3 is 2.39 bits per heavy atom. The van der Waals surface area contributed by atoms with Crippen molar-refractivity contribution in [3.05, 3.63) is 65.3 Å². The lowest BCUT2D eigenvalue weighted by atomic mass is 9.81. The van der Waals surface area contributed by atoms with Crippen LogP contribution in [0.2, 0.25) is 0 Å². The lowest BCUT2D eigenvalue weighted by Gasteiger charge is -2.41. The quantitative estimate of drug-likeness (QED) is 0.188. The zero-order valence-corrected chi connectivity index (χ0v) is 24.7. The molecule has 3 aromatic rings. The number of carbonyl (C=O) groups excluding carboxylic acids is 2. The number of carbonyl (C=O) groups is 2. The van der Waals surface area contributed by atoms with E-state index in [4.69, 9.17) is 9.26 Å². The van der Waals surface area contributed by atoms with E-state index < -0.39 is 39.0 Å². The number of sulfonamides is 1. The second kappa shape index (κ2) is 13.0. The maximum Gasteiger partial charge on any atom is 0.310 e. The molecular weight excluding hydrogens is 568 g/mol. The summed E-state index contributed by atoms with van der Waals surface area (Å²) in [5.74, 6) is -2.02. The lowest BCUT2D eigenvalue weighted by molar-refractivity contribution is -0.151. The fourth-order valence-corrected chi connectivity index (χ4v) is 6.86. The number of hydrogen-bond donors (Lipinski definition) is 1. The minimum absolute atomic E-state index is 0.0778. The molecule has 1 aromatic heterocycles. The average molecular weight is 601 g/mol. The summed E-state index contributed by atoms with van der Waals surface area (Å²) in [6.07, 6.45) is 0.360. The van der Waals surface area contributed by atoms with E-state index in [1.807, 2.05) is 42.3 Å². The molecule has 0 saturated carbocycles. The topological polar surface area (TPSA) is 148 Å². The Morgan fingerprint density at radius 1 is 1.12 bits per heavy atom. The van der Waals surface area contributed by atoms with Gasteiger partial charge in [-0.2, -0.15) is 0 Å². The molecule has 1 aliphatic heterocycles. The summed E-state index contributed by atoms with van der Waals surface area (Å²) in [4.78, 5) is 39.2. The minimum atomic E-state index is -4.26. The van der Waals surface area contributed by atoms with Crippen LogP contribution in [0.25, 0.3) is 22.4 Å². The first kappa shape index (κ1) is 30.4. The molecule has 4 rings (SSSR count). The van der Waals surface area contributed by atoms with Crippen LogP contribution in [-0.4, -0.2) is 61.8 Å². The molecule has 1 aliphatic rings. The molecule has 218 valence electrons. The Morgan fingerprint density at radius 2 is 1.78 bits per heavy atom. The molecular formula is C28H32N4O7S2. The second-order valence-corrected chi connectivity index (χ2v) is 12.8. The van der Waals surface area contributed by atoms with E-state index in [1.54, 1.807) is 26.0 Å². The number of rotatable bonds is 11. The van der Waals surface area contributed by atoms with E-state index >= 15 is 0 Å². The summed E-state index contributed by atoms with van der Waals surface area (Å²) in [6, 6.07) is 15.5. The maximum atomic E-state index is 13.1. The van der Waals surface area contributed by atoms with Crippen molar-refractivity contribution in [2.75, 3.05) is 26.7 Å². The summed E-state index contributed by atoms with van der Waals surface area (Å²) >= 11 is 0.721. The summed E-state index contributed by atoms with van der Waals surface area (Å²) in [7, 11) is -2.35. The third kappa shape index (κ3) is 6.85. The summed E-state index contributed by atoms with van der Waals surface area (Å²) in [5.41, 5.74) is 2.90. The number of nitrogens with one attached hydrogen (secondary N) is 1. The predicted octanol–water partition coefficient (Wildman–Crippen LogP) is 4.57. The van der Waals surface area contributed by atoms with Crippen LogP contribution in [0.1, 0.15) is 31.9 Å². The van der Waals surface area contributed by atoms with Crippen molar-refractivity contribution in [1.82, 2.24) is 14.8 Å². The van der Waals surface area contributed by atoms with Crippen LogP contribution in [0.4, 0.5) is 0 Å². The number of amides is 1. The van der Waals surface area contributed by atoms with E-state index in [-0.39, 0.29) is 11.5 Å².